The summed E-state index contributed by atoms with van der Waals surface area (Å²) in [7, 11) is 0. The van der Waals surface area contributed by atoms with Crippen molar-refractivity contribution in [1.29, 1.82) is 0 Å². The molecule has 5 rings (SSSR count). The standard InChI is InChI=1S/C30H39N5O3/c1-20-10-11-23(38-17-7-15-30(2,3)37)19-24(20)22-14-16-31-26(18-22)32-29(36)28-33-27-13-12-25(35(27)34-28)21-8-5-4-6-9-21/h10-11,14,16,18-19,21,25,37H,4-9,12-13,15,17H2,1-3H3,(H,31,32,36). The molecule has 1 aromatic carbocycles. The number of aliphatic hydroxyl groups is 1. The number of carbonyl (C=O) groups is 1. The SMILES string of the molecule is Cc1ccc(OCCCC(C)(C)O)cc1-c1ccnc(NC(=O)c2nc3n(n2)C(C2CCCCC2)CC3)c1. The van der Waals surface area contributed by atoms with Gasteiger partial charge < -0.3 is 15.2 Å². The molecule has 8 heteroatoms. The molecule has 1 aliphatic heterocycles. The fourth-order valence-electron chi connectivity index (χ4n) is 5.78. The quantitative estimate of drug-likeness (QED) is 0.343. The molecular weight excluding hydrogens is 478 g/mol. The van der Waals surface area contributed by atoms with Crippen molar-refractivity contribution in [2.45, 2.75) is 90.2 Å². The highest BCUT2D eigenvalue weighted by atomic mass is 16.5. The molecule has 2 aliphatic rings. The first-order valence-corrected chi connectivity index (χ1v) is 14.0. The van der Waals surface area contributed by atoms with Gasteiger partial charge in [0.2, 0.25) is 5.82 Å². The Balaban J connectivity index is 1.26. The van der Waals surface area contributed by atoms with E-state index in [2.05, 4.69) is 20.4 Å². The Morgan fingerprint density at radius 1 is 1.16 bits per heavy atom. The number of aromatic nitrogens is 4. The summed E-state index contributed by atoms with van der Waals surface area (Å²) >= 11 is 0. The lowest BCUT2D eigenvalue weighted by atomic mass is 9.83. The van der Waals surface area contributed by atoms with Crippen molar-refractivity contribution in [1.82, 2.24) is 19.7 Å². The van der Waals surface area contributed by atoms with Gasteiger partial charge in [0.05, 0.1) is 18.2 Å². The van der Waals surface area contributed by atoms with Crippen LogP contribution in [-0.2, 0) is 6.42 Å². The van der Waals surface area contributed by atoms with E-state index in [1.807, 2.05) is 41.9 Å². The van der Waals surface area contributed by atoms with E-state index in [0.29, 0.717) is 30.8 Å². The van der Waals surface area contributed by atoms with Crippen LogP contribution in [0.2, 0.25) is 0 Å². The van der Waals surface area contributed by atoms with Crippen LogP contribution in [0, 0.1) is 12.8 Å². The van der Waals surface area contributed by atoms with Gasteiger partial charge in [-0.1, -0.05) is 25.3 Å². The van der Waals surface area contributed by atoms with Crippen molar-refractivity contribution >= 4 is 11.7 Å². The number of amides is 1. The van der Waals surface area contributed by atoms with Crippen molar-refractivity contribution < 1.29 is 14.6 Å². The van der Waals surface area contributed by atoms with Crippen molar-refractivity contribution in [2.75, 3.05) is 11.9 Å². The number of ether oxygens (including phenoxy) is 1. The van der Waals surface area contributed by atoms with Crippen LogP contribution < -0.4 is 10.1 Å². The van der Waals surface area contributed by atoms with Crippen LogP contribution in [0.3, 0.4) is 0 Å². The number of aryl methyl sites for hydroxylation is 2. The second-order valence-corrected chi connectivity index (χ2v) is 11.4. The molecule has 0 bridgehead atoms. The summed E-state index contributed by atoms with van der Waals surface area (Å²) in [6, 6.07) is 10.2. The molecule has 38 heavy (non-hydrogen) atoms. The molecule has 1 atom stereocenters. The van der Waals surface area contributed by atoms with Gasteiger partial charge in [-0.05, 0) is 99.7 Å². The van der Waals surface area contributed by atoms with Gasteiger partial charge in [-0.2, -0.15) is 0 Å². The van der Waals surface area contributed by atoms with Gasteiger partial charge in [0.25, 0.3) is 5.91 Å². The average molecular weight is 518 g/mol. The molecular formula is C30H39N5O3. The molecule has 2 N–H and O–H groups in total. The minimum atomic E-state index is -0.692. The molecule has 3 heterocycles. The number of rotatable bonds is 9. The lowest BCUT2D eigenvalue weighted by molar-refractivity contribution is 0.0641. The van der Waals surface area contributed by atoms with Gasteiger partial charge >= 0.3 is 0 Å². The molecule has 1 aliphatic carbocycles. The van der Waals surface area contributed by atoms with Crippen LogP contribution in [0.15, 0.2) is 36.5 Å². The van der Waals surface area contributed by atoms with Crippen LogP contribution >= 0.6 is 0 Å². The van der Waals surface area contributed by atoms with Gasteiger partial charge in [-0.25, -0.2) is 14.6 Å². The van der Waals surface area contributed by atoms with Gasteiger partial charge in [-0.15, -0.1) is 5.10 Å². The van der Waals surface area contributed by atoms with Crippen molar-refractivity contribution in [2.24, 2.45) is 5.92 Å². The highest BCUT2D eigenvalue weighted by Gasteiger charge is 2.33. The topological polar surface area (TPSA) is 102 Å². The molecule has 1 amide bonds. The summed E-state index contributed by atoms with van der Waals surface area (Å²) in [6.45, 7) is 6.19. The van der Waals surface area contributed by atoms with E-state index in [-0.39, 0.29) is 11.7 Å². The lowest BCUT2D eigenvalue weighted by Gasteiger charge is -2.27. The largest absolute Gasteiger partial charge is 0.494 e. The number of pyridine rings is 1. The lowest BCUT2D eigenvalue weighted by Crippen LogP contribution is -2.21. The zero-order valence-corrected chi connectivity index (χ0v) is 22.7. The van der Waals surface area contributed by atoms with E-state index < -0.39 is 5.60 Å². The highest BCUT2D eigenvalue weighted by Crippen LogP contribution is 2.39. The highest BCUT2D eigenvalue weighted by molar-refractivity contribution is 6.01. The average Bonchev–Trinajstić information content (AvgIpc) is 3.49. The van der Waals surface area contributed by atoms with Gasteiger partial charge in [-0.3, -0.25) is 4.79 Å². The Hall–Kier alpha value is -3.26. The van der Waals surface area contributed by atoms with E-state index >= 15 is 0 Å². The number of nitrogens with one attached hydrogen (secondary N) is 1. The summed E-state index contributed by atoms with van der Waals surface area (Å²) in [4.78, 5) is 22.0. The maximum Gasteiger partial charge on any atom is 0.296 e. The Labute approximate surface area is 224 Å². The van der Waals surface area contributed by atoms with E-state index in [1.165, 1.54) is 32.1 Å². The fraction of sp³-hybridized carbons (Fsp3) is 0.533. The summed E-state index contributed by atoms with van der Waals surface area (Å²) in [6.07, 6.45) is 11.5. The Bertz CT molecular complexity index is 1270. The number of hydrogen-bond acceptors (Lipinski definition) is 6. The van der Waals surface area contributed by atoms with Crippen molar-refractivity contribution in [3.63, 3.8) is 0 Å². The van der Waals surface area contributed by atoms with Crippen LogP contribution in [0.4, 0.5) is 5.82 Å². The second-order valence-electron chi connectivity index (χ2n) is 11.4. The van der Waals surface area contributed by atoms with E-state index in [1.54, 1.807) is 20.0 Å². The smallest absolute Gasteiger partial charge is 0.296 e. The molecule has 0 saturated heterocycles. The molecule has 3 aromatic rings. The number of fused-ring (bicyclic) bond motifs is 1. The summed E-state index contributed by atoms with van der Waals surface area (Å²) in [5.41, 5.74) is 2.35. The maximum absolute atomic E-state index is 13.1. The van der Waals surface area contributed by atoms with Gasteiger partial charge in [0.1, 0.15) is 17.4 Å². The maximum atomic E-state index is 13.1. The molecule has 0 radical (unpaired) electrons. The van der Waals surface area contributed by atoms with Crippen molar-refractivity contribution in [3.8, 4) is 16.9 Å². The predicted molar refractivity (Wildman–Crippen MR) is 147 cm³/mol. The first-order valence-electron chi connectivity index (χ1n) is 14.0. The van der Waals surface area contributed by atoms with Crippen LogP contribution in [0.25, 0.3) is 11.1 Å². The normalized spacial score (nSPS) is 17.8. The molecule has 1 unspecified atom stereocenters. The van der Waals surface area contributed by atoms with Crippen LogP contribution in [0.1, 0.15) is 93.3 Å². The number of benzene rings is 1. The number of anilines is 1. The van der Waals surface area contributed by atoms with Crippen LogP contribution in [-0.4, -0.2) is 43.0 Å². The van der Waals surface area contributed by atoms with E-state index in [9.17, 15) is 9.90 Å². The first kappa shape index (κ1) is 26.4. The molecule has 1 fully saturated rings. The Kier molecular flexibility index (Phi) is 7.79. The summed E-state index contributed by atoms with van der Waals surface area (Å²) in [5.74, 6) is 2.67. The van der Waals surface area contributed by atoms with Gasteiger partial charge in [0.15, 0.2) is 0 Å². The Morgan fingerprint density at radius 3 is 2.76 bits per heavy atom. The minimum absolute atomic E-state index is 0.213. The number of carbonyl (C=O) groups excluding carboxylic acids is 1. The zero-order chi connectivity index (χ0) is 26.7. The molecule has 202 valence electrons. The predicted octanol–water partition coefficient (Wildman–Crippen LogP) is 5.90. The van der Waals surface area contributed by atoms with Crippen molar-refractivity contribution in [3.05, 3.63) is 53.7 Å². The summed E-state index contributed by atoms with van der Waals surface area (Å²) < 4.78 is 7.96. The third-order valence-corrected chi connectivity index (χ3v) is 7.80. The number of hydrogen-bond donors (Lipinski definition) is 2. The molecule has 0 spiro atoms. The monoisotopic (exact) mass is 517 g/mol. The first-order chi connectivity index (χ1) is 18.3. The number of nitrogens with zero attached hydrogens (tertiary/aromatic N) is 4. The third kappa shape index (κ3) is 6.23. The van der Waals surface area contributed by atoms with Crippen LogP contribution in [0.5, 0.6) is 5.75 Å². The fourth-order valence-corrected chi connectivity index (χ4v) is 5.78. The molecule has 8 nitrogen and oxygen atoms in total. The van der Waals surface area contributed by atoms with Gasteiger partial charge in [0, 0.05) is 12.6 Å². The van der Waals surface area contributed by atoms with E-state index in [4.69, 9.17) is 4.74 Å². The third-order valence-electron chi connectivity index (χ3n) is 7.80. The molecule has 1 saturated carbocycles. The van der Waals surface area contributed by atoms with E-state index in [0.717, 1.165) is 47.5 Å². The second kappa shape index (κ2) is 11.2. The zero-order valence-electron chi connectivity index (χ0n) is 22.7. The minimum Gasteiger partial charge on any atom is -0.494 e. The molecule has 2 aromatic heterocycles. The Morgan fingerprint density at radius 2 is 1.97 bits per heavy atom. The summed E-state index contributed by atoms with van der Waals surface area (Å²) in [5, 5.41) is 17.4.